The number of aliphatic carboxylic acids is 1. The van der Waals surface area contributed by atoms with Crippen molar-refractivity contribution < 1.29 is 18.7 Å². The second-order valence-corrected chi connectivity index (χ2v) is 7.70. The molecule has 2 fully saturated rings. The molecule has 7 heteroatoms. The zero-order valence-electron chi connectivity index (χ0n) is 14.1. The predicted octanol–water partition coefficient (Wildman–Crippen LogP) is 3.92. The summed E-state index contributed by atoms with van der Waals surface area (Å²) in [6, 6.07) is 3.53. The van der Waals surface area contributed by atoms with Gasteiger partial charge in [0.15, 0.2) is 11.5 Å². The standard InChI is InChI=1S/C19H16N2O4S/c1-20-15-13(21-26-16(15)10-2-3-10)5-4-12-8-11-9-14(25-17(11)24-12)19(6-7-19)18(22)23/h8-10,20H,2-3,6-7H2,1H3,(H,22,23). The molecule has 3 aromatic heterocycles. The molecule has 0 unspecified atom stereocenters. The molecule has 2 N–H and O–H groups in total. The van der Waals surface area contributed by atoms with Crippen molar-refractivity contribution in [3.63, 3.8) is 0 Å². The highest BCUT2D eigenvalue weighted by Crippen LogP contribution is 2.50. The minimum Gasteiger partial charge on any atom is -0.480 e. The molecule has 0 atom stereocenters. The van der Waals surface area contributed by atoms with Crippen LogP contribution in [0, 0.1) is 11.8 Å². The molecule has 0 aliphatic heterocycles. The molecule has 132 valence electrons. The van der Waals surface area contributed by atoms with Crippen molar-refractivity contribution in [1.29, 1.82) is 0 Å². The van der Waals surface area contributed by atoms with Gasteiger partial charge in [-0.2, -0.15) is 4.37 Å². The van der Waals surface area contributed by atoms with Crippen LogP contribution in [-0.4, -0.2) is 22.5 Å². The lowest BCUT2D eigenvalue weighted by Gasteiger charge is -2.03. The number of carboxylic acids is 1. The second-order valence-electron chi connectivity index (χ2n) is 6.90. The van der Waals surface area contributed by atoms with Crippen LogP contribution in [0.25, 0.3) is 11.2 Å². The molecule has 0 saturated heterocycles. The summed E-state index contributed by atoms with van der Waals surface area (Å²) in [4.78, 5) is 12.7. The molecular formula is C19H16N2O4S. The number of fused-ring (bicyclic) bond motifs is 1. The van der Waals surface area contributed by atoms with Gasteiger partial charge in [0.2, 0.25) is 0 Å². The lowest BCUT2D eigenvalue weighted by Crippen LogP contribution is -2.18. The van der Waals surface area contributed by atoms with Crippen LogP contribution in [0.2, 0.25) is 0 Å². The molecule has 0 spiro atoms. The Labute approximate surface area is 153 Å². The number of nitrogens with zero attached hydrogens (tertiary/aromatic N) is 1. The number of nitrogens with one attached hydrogen (secondary N) is 1. The summed E-state index contributed by atoms with van der Waals surface area (Å²) < 4.78 is 15.7. The molecule has 0 radical (unpaired) electrons. The number of anilines is 1. The first-order chi connectivity index (χ1) is 12.6. The monoisotopic (exact) mass is 368 g/mol. The van der Waals surface area contributed by atoms with Crippen molar-refractivity contribution in [2.24, 2.45) is 0 Å². The summed E-state index contributed by atoms with van der Waals surface area (Å²) in [5.41, 5.74) is 0.880. The number of aromatic nitrogens is 1. The van der Waals surface area contributed by atoms with Crippen molar-refractivity contribution in [3.05, 3.63) is 34.2 Å². The van der Waals surface area contributed by atoms with E-state index in [-0.39, 0.29) is 0 Å². The SMILES string of the molecule is CNc1c(C#Cc2cc3cc(C4(C(=O)O)CC4)oc3o2)nsc1C1CC1. The highest BCUT2D eigenvalue weighted by Gasteiger charge is 2.54. The van der Waals surface area contributed by atoms with Gasteiger partial charge in [0.05, 0.1) is 16.0 Å². The van der Waals surface area contributed by atoms with Crippen LogP contribution in [0.1, 0.15) is 53.7 Å². The third-order valence-electron chi connectivity index (χ3n) is 5.07. The minimum absolute atomic E-state index is 0.322. The van der Waals surface area contributed by atoms with Crippen molar-refractivity contribution in [1.82, 2.24) is 4.37 Å². The van der Waals surface area contributed by atoms with Gasteiger partial charge in [0.25, 0.3) is 5.78 Å². The first-order valence-electron chi connectivity index (χ1n) is 8.57. The van der Waals surface area contributed by atoms with Gasteiger partial charge in [-0.1, -0.05) is 0 Å². The van der Waals surface area contributed by atoms with Crippen molar-refractivity contribution in [2.75, 3.05) is 12.4 Å². The number of rotatable bonds is 4. The van der Waals surface area contributed by atoms with Crippen LogP contribution in [0.3, 0.4) is 0 Å². The van der Waals surface area contributed by atoms with Gasteiger partial charge in [0, 0.05) is 13.1 Å². The largest absolute Gasteiger partial charge is 0.480 e. The fourth-order valence-corrected chi connectivity index (χ4v) is 4.20. The Morgan fingerprint density at radius 1 is 1.35 bits per heavy atom. The molecular weight excluding hydrogens is 352 g/mol. The Kier molecular flexibility index (Phi) is 3.22. The van der Waals surface area contributed by atoms with Crippen LogP contribution < -0.4 is 5.32 Å². The maximum atomic E-state index is 11.4. The number of furan rings is 2. The van der Waals surface area contributed by atoms with E-state index in [1.165, 1.54) is 29.3 Å². The molecule has 2 aliphatic rings. The van der Waals surface area contributed by atoms with E-state index in [9.17, 15) is 9.90 Å². The third kappa shape index (κ3) is 2.33. The van der Waals surface area contributed by atoms with Crippen molar-refractivity contribution in [2.45, 2.75) is 37.0 Å². The maximum absolute atomic E-state index is 11.4. The van der Waals surface area contributed by atoms with Gasteiger partial charge in [-0.25, -0.2) is 0 Å². The Bertz CT molecular complexity index is 1050. The Balaban J connectivity index is 1.44. The molecule has 0 amide bonds. The third-order valence-corrected chi connectivity index (χ3v) is 6.07. The fraction of sp³-hybridized carbons (Fsp3) is 0.368. The molecule has 2 saturated carbocycles. The van der Waals surface area contributed by atoms with Crippen LogP contribution in [0.15, 0.2) is 21.0 Å². The summed E-state index contributed by atoms with van der Waals surface area (Å²) in [5, 5.41) is 13.3. The van der Waals surface area contributed by atoms with Gasteiger partial charge >= 0.3 is 5.97 Å². The number of carbonyl (C=O) groups is 1. The lowest BCUT2D eigenvalue weighted by molar-refractivity contribution is -0.140. The topological polar surface area (TPSA) is 88.5 Å². The smallest absolute Gasteiger partial charge is 0.317 e. The van der Waals surface area contributed by atoms with E-state index in [1.807, 2.05) is 7.05 Å². The minimum atomic E-state index is -0.866. The summed E-state index contributed by atoms with van der Waals surface area (Å²) in [6.45, 7) is 0. The Morgan fingerprint density at radius 3 is 2.77 bits per heavy atom. The van der Waals surface area contributed by atoms with E-state index >= 15 is 0 Å². The molecule has 6 nitrogen and oxygen atoms in total. The predicted molar refractivity (Wildman–Crippen MR) is 96.6 cm³/mol. The van der Waals surface area contributed by atoms with E-state index in [1.54, 1.807) is 12.1 Å². The van der Waals surface area contributed by atoms with E-state index < -0.39 is 11.4 Å². The van der Waals surface area contributed by atoms with E-state index in [0.717, 1.165) is 16.8 Å². The Hall–Kier alpha value is -2.72. The molecule has 2 aliphatic carbocycles. The number of carboxylic acid groups (broad SMARTS) is 1. The van der Waals surface area contributed by atoms with Gasteiger partial charge in [-0.05, 0) is 61.0 Å². The van der Waals surface area contributed by atoms with E-state index in [0.29, 0.717) is 36.1 Å². The zero-order chi connectivity index (χ0) is 17.9. The fourth-order valence-electron chi connectivity index (χ4n) is 3.20. The first-order valence-corrected chi connectivity index (χ1v) is 9.34. The summed E-state index contributed by atoms with van der Waals surface area (Å²) in [7, 11) is 1.89. The van der Waals surface area contributed by atoms with E-state index in [2.05, 4.69) is 21.5 Å². The average Bonchev–Trinajstić information content (AvgIpc) is 3.51. The van der Waals surface area contributed by atoms with Gasteiger partial charge in [-0.3, -0.25) is 4.79 Å². The first kappa shape index (κ1) is 15.5. The quantitative estimate of drug-likeness (QED) is 0.679. The summed E-state index contributed by atoms with van der Waals surface area (Å²) in [6.07, 6.45) is 3.65. The van der Waals surface area contributed by atoms with Gasteiger partial charge < -0.3 is 19.3 Å². The van der Waals surface area contributed by atoms with Crippen LogP contribution >= 0.6 is 11.5 Å². The normalized spacial score (nSPS) is 17.7. The van der Waals surface area contributed by atoms with Crippen LogP contribution in [0.4, 0.5) is 5.69 Å². The highest BCUT2D eigenvalue weighted by atomic mass is 32.1. The number of hydrogen-bond acceptors (Lipinski definition) is 6. The average molecular weight is 368 g/mol. The van der Waals surface area contributed by atoms with Crippen molar-refractivity contribution in [3.8, 4) is 11.8 Å². The molecule has 3 heterocycles. The zero-order valence-corrected chi connectivity index (χ0v) is 14.9. The van der Waals surface area contributed by atoms with E-state index in [4.69, 9.17) is 8.83 Å². The van der Waals surface area contributed by atoms with Crippen LogP contribution in [0.5, 0.6) is 0 Å². The molecule has 5 rings (SSSR count). The summed E-state index contributed by atoms with van der Waals surface area (Å²) >= 11 is 1.51. The lowest BCUT2D eigenvalue weighted by atomic mass is 10.0. The molecule has 0 bridgehead atoms. The van der Waals surface area contributed by atoms with Gasteiger partial charge in [-0.15, -0.1) is 0 Å². The summed E-state index contributed by atoms with van der Waals surface area (Å²) in [5.74, 6) is 7.10. The second kappa shape index (κ2) is 5.39. The highest BCUT2D eigenvalue weighted by molar-refractivity contribution is 7.06. The number of hydrogen-bond donors (Lipinski definition) is 2. The molecule has 26 heavy (non-hydrogen) atoms. The van der Waals surface area contributed by atoms with Crippen molar-refractivity contribution >= 4 is 34.4 Å². The molecule has 3 aromatic rings. The Morgan fingerprint density at radius 2 is 2.15 bits per heavy atom. The molecule has 0 aromatic carbocycles. The van der Waals surface area contributed by atoms with Crippen LogP contribution in [-0.2, 0) is 10.2 Å². The van der Waals surface area contributed by atoms with Gasteiger partial charge in [0.1, 0.15) is 11.2 Å². The maximum Gasteiger partial charge on any atom is 0.317 e.